The summed E-state index contributed by atoms with van der Waals surface area (Å²) in [7, 11) is 0. The second kappa shape index (κ2) is 9.87. The molecule has 4 aromatic rings. The Labute approximate surface area is 211 Å². The highest BCUT2D eigenvalue weighted by atomic mass is 16.5. The van der Waals surface area contributed by atoms with Gasteiger partial charge in [0.2, 0.25) is 0 Å². The number of para-hydroxylation sites is 1. The Morgan fingerprint density at radius 2 is 1.64 bits per heavy atom. The predicted molar refractivity (Wildman–Crippen MR) is 142 cm³/mol. The summed E-state index contributed by atoms with van der Waals surface area (Å²) in [6.07, 6.45) is 6.09. The zero-order chi connectivity index (χ0) is 24.5. The summed E-state index contributed by atoms with van der Waals surface area (Å²) in [6, 6.07) is 19.3. The quantitative estimate of drug-likeness (QED) is 0.427. The number of nitrogens with zero attached hydrogens (tertiary/aromatic N) is 5. The number of nitrogen functional groups attached to an aromatic ring is 1. The van der Waals surface area contributed by atoms with Crippen molar-refractivity contribution in [3.63, 3.8) is 0 Å². The number of ether oxygens (including phenoxy) is 1. The Kier molecular flexibility index (Phi) is 6.29. The molecule has 0 bridgehead atoms. The zero-order valence-electron chi connectivity index (χ0n) is 20.7. The first kappa shape index (κ1) is 22.9. The van der Waals surface area contributed by atoms with Crippen LogP contribution in [0.5, 0.6) is 11.5 Å². The fraction of sp³-hybridized carbons (Fsp3) is 0.393. The van der Waals surface area contributed by atoms with Crippen LogP contribution in [-0.4, -0.2) is 56.4 Å². The van der Waals surface area contributed by atoms with E-state index >= 15 is 0 Å². The van der Waals surface area contributed by atoms with Gasteiger partial charge >= 0.3 is 0 Å². The van der Waals surface area contributed by atoms with Crippen LogP contribution >= 0.6 is 0 Å². The van der Waals surface area contributed by atoms with Crippen molar-refractivity contribution in [2.75, 3.05) is 25.4 Å². The smallest absolute Gasteiger partial charge is 0.164 e. The first-order valence-corrected chi connectivity index (χ1v) is 12.9. The number of hydrogen-bond donors (Lipinski definition) is 2. The maximum absolute atomic E-state index is 6.36. The van der Waals surface area contributed by atoms with Crippen LogP contribution in [0.2, 0.25) is 0 Å². The van der Waals surface area contributed by atoms with E-state index in [-0.39, 0.29) is 0 Å². The molecule has 2 aliphatic rings. The maximum Gasteiger partial charge on any atom is 0.164 e. The molecule has 186 valence electrons. The highest BCUT2D eigenvalue weighted by Gasteiger charge is 2.31. The van der Waals surface area contributed by atoms with E-state index in [1.807, 2.05) is 54.6 Å². The van der Waals surface area contributed by atoms with Gasteiger partial charge in [-0.05, 0) is 69.0 Å². The molecule has 0 radical (unpaired) electrons. The van der Waals surface area contributed by atoms with E-state index in [4.69, 9.17) is 15.6 Å². The molecule has 0 spiro atoms. The number of anilines is 1. The second-order valence-corrected chi connectivity index (χ2v) is 10.0. The van der Waals surface area contributed by atoms with Crippen LogP contribution in [0, 0.1) is 0 Å². The number of nitrogens with one attached hydrogen (secondary N) is 1. The third kappa shape index (κ3) is 4.54. The topological polar surface area (TPSA) is 94.1 Å². The van der Waals surface area contributed by atoms with Gasteiger partial charge in [-0.15, -0.1) is 0 Å². The summed E-state index contributed by atoms with van der Waals surface area (Å²) >= 11 is 0. The Morgan fingerprint density at radius 1 is 0.917 bits per heavy atom. The van der Waals surface area contributed by atoms with Crippen LogP contribution in [0.25, 0.3) is 22.3 Å². The van der Waals surface area contributed by atoms with E-state index in [0.717, 1.165) is 66.3 Å². The number of aromatic nitrogens is 4. The summed E-state index contributed by atoms with van der Waals surface area (Å²) in [5.74, 6) is 2.05. The van der Waals surface area contributed by atoms with Crippen molar-refractivity contribution in [3.8, 4) is 22.8 Å². The molecule has 3 heterocycles. The third-order valence-electron chi connectivity index (χ3n) is 7.55. The van der Waals surface area contributed by atoms with Crippen molar-refractivity contribution in [3.05, 3.63) is 60.9 Å². The van der Waals surface area contributed by atoms with Crippen molar-refractivity contribution in [1.29, 1.82) is 0 Å². The largest absolute Gasteiger partial charge is 0.457 e. The minimum Gasteiger partial charge on any atom is -0.457 e. The van der Waals surface area contributed by atoms with Gasteiger partial charge in [0.1, 0.15) is 29.3 Å². The first-order chi connectivity index (χ1) is 17.7. The highest BCUT2D eigenvalue weighted by Crippen LogP contribution is 2.37. The Morgan fingerprint density at radius 3 is 2.39 bits per heavy atom. The molecule has 3 N–H and O–H groups in total. The van der Waals surface area contributed by atoms with Crippen LogP contribution in [0.4, 0.5) is 5.82 Å². The molecule has 1 aliphatic heterocycles. The monoisotopic (exact) mass is 483 g/mol. The standard InChI is InChI=1S/C28H33N7O/c1-19-17-34(16-15-30-19)21-9-11-22(12-10-21)35-28-25(27(29)31-18-32-28)26(33-35)20-7-13-24(14-8-20)36-23-5-3-2-4-6-23/h2-8,13-14,18-19,21-22,30H,9-12,15-17H2,1H3,(H2,29,31,32)/t19-,21?,22?/m1/s1. The molecule has 1 saturated heterocycles. The highest BCUT2D eigenvalue weighted by molar-refractivity contribution is 5.98. The molecule has 1 saturated carbocycles. The van der Waals surface area contributed by atoms with Gasteiger partial charge in [0, 0.05) is 37.3 Å². The first-order valence-electron chi connectivity index (χ1n) is 12.9. The average molecular weight is 484 g/mol. The van der Waals surface area contributed by atoms with Crippen LogP contribution in [0.3, 0.4) is 0 Å². The van der Waals surface area contributed by atoms with Gasteiger partial charge < -0.3 is 15.8 Å². The lowest BCUT2D eigenvalue weighted by molar-refractivity contribution is 0.105. The minimum absolute atomic E-state index is 0.313. The SMILES string of the molecule is C[C@@H]1CN(C2CCC(n3nc(-c4ccc(Oc5ccccc5)cc4)c4c(N)ncnc43)CC2)CCN1. The van der Waals surface area contributed by atoms with Gasteiger partial charge in [0.05, 0.1) is 11.4 Å². The van der Waals surface area contributed by atoms with Crippen LogP contribution in [-0.2, 0) is 0 Å². The molecule has 2 aromatic heterocycles. The summed E-state index contributed by atoms with van der Waals surface area (Å²) in [6.45, 7) is 5.64. The van der Waals surface area contributed by atoms with Gasteiger partial charge in [-0.25, -0.2) is 14.6 Å². The number of piperazine rings is 1. The van der Waals surface area contributed by atoms with E-state index < -0.39 is 0 Å². The lowest BCUT2D eigenvalue weighted by atomic mass is 9.89. The van der Waals surface area contributed by atoms with Gasteiger partial charge in [-0.2, -0.15) is 5.10 Å². The molecule has 1 atom stereocenters. The van der Waals surface area contributed by atoms with E-state index in [9.17, 15) is 0 Å². The van der Waals surface area contributed by atoms with Crippen molar-refractivity contribution < 1.29 is 4.74 Å². The van der Waals surface area contributed by atoms with E-state index in [1.54, 1.807) is 6.33 Å². The fourth-order valence-electron chi connectivity index (χ4n) is 5.72. The Hall–Kier alpha value is -3.49. The minimum atomic E-state index is 0.313. The van der Waals surface area contributed by atoms with Crippen molar-refractivity contribution >= 4 is 16.9 Å². The van der Waals surface area contributed by atoms with Crippen LogP contribution in [0.15, 0.2) is 60.9 Å². The number of benzene rings is 2. The maximum atomic E-state index is 6.36. The number of hydrogen-bond acceptors (Lipinski definition) is 7. The molecule has 36 heavy (non-hydrogen) atoms. The Balaban J connectivity index is 1.25. The van der Waals surface area contributed by atoms with E-state index in [1.165, 1.54) is 12.8 Å². The average Bonchev–Trinajstić information content (AvgIpc) is 3.31. The van der Waals surface area contributed by atoms with Crippen molar-refractivity contribution in [1.82, 2.24) is 30.0 Å². The van der Waals surface area contributed by atoms with Crippen LogP contribution < -0.4 is 15.8 Å². The molecule has 2 aromatic carbocycles. The van der Waals surface area contributed by atoms with E-state index in [0.29, 0.717) is 23.9 Å². The van der Waals surface area contributed by atoms with E-state index in [2.05, 4.69) is 31.8 Å². The number of rotatable bonds is 5. The molecule has 0 amide bonds. The Bertz CT molecular complexity index is 1310. The number of fused-ring (bicyclic) bond motifs is 1. The molecular weight excluding hydrogens is 450 g/mol. The molecular formula is C28H33N7O. The molecule has 2 fully saturated rings. The van der Waals surface area contributed by atoms with Crippen molar-refractivity contribution in [2.45, 2.75) is 50.7 Å². The molecule has 0 unspecified atom stereocenters. The predicted octanol–water partition coefficient (Wildman–Crippen LogP) is 4.65. The van der Waals surface area contributed by atoms with Crippen LogP contribution in [0.1, 0.15) is 38.6 Å². The van der Waals surface area contributed by atoms with Gasteiger partial charge in [-0.3, -0.25) is 4.90 Å². The summed E-state index contributed by atoms with van der Waals surface area (Å²) in [4.78, 5) is 11.6. The molecule has 8 nitrogen and oxygen atoms in total. The summed E-state index contributed by atoms with van der Waals surface area (Å²) in [5.41, 5.74) is 8.98. The van der Waals surface area contributed by atoms with Gasteiger partial charge in [0.25, 0.3) is 0 Å². The summed E-state index contributed by atoms with van der Waals surface area (Å²) < 4.78 is 8.07. The lowest BCUT2D eigenvalue weighted by Gasteiger charge is -2.41. The normalized spacial score (nSPS) is 23.1. The molecule has 8 heteroatoms. The lowest BCUT2D eigenvalue weighted by Crippen LogP contribution is -2.53. The van der Waals surface area contributed by atoms with Gasteiger partial charge in [-0.1, -0.05) is 18.2 Å². The number of nitrogens with two attached hydrogens (primary N) is 1. The third-order valence-corrected chi connectivity index (χ3v) is 7.55. The molecule has 1 aliphatic carbocycles. The second-order valence-electron chi connectivity index (χ2n) is 10.0. The van der Waals surface area contributed by atoms with Gasteiger partial charge in [0.15, 0.2) is 5.65 Å². The zero-order valence-corrected chi connectivity index (χ0v) is 20.7. The molecule has 6 rings (SSSR count). The van der Waals surface area contributed by atoms with Crippen molar-refractivity contribution in [2.24, 2.45) is 0 Å². The summed E-state index contributed by atoms with van der Waals surface area (Å²) in [5, 5.41) is 9.46. The fourth-order valence-corrected chi connectivity index (χ4v) is 5.72.